The van der Waals surface area contributed by atoms with Crippen molar-refractivity contribution in [1.29, 1.82) is 0 Å². The van der Waals surface area contributed by atoms with E-state index >= 15 is 0 Å². The fourth-order valence-corrected chi connectivity index (χ4v) is 0. The van der Waals surface area contributed by atoms with E-state index in [1.165, 1.54) is 0 Å². The van der Waals surface area contributed by atoms with Crippen LogP contribution in [0.4, 0.5) is 0 Å². The number of primary amides is 1. The van der Waals surface area contributed by atoms with Crippen molar-refractivity contribution >= 4 is 6.41 Å². The molecule has 1 amide bonds. The van der Waals surface area contributed by atoms with Crippen LogP contribution in [0.25, 0.3) is 0 Å². The number of nitrogens with two attached hydrogens (primary N) is 1. The standard InChI is InChI=1S/CH3NO.CO/c2-1-3;1-2/h1H,(H2,2,3);. The predicted molar refractivity (Wildman–Crippen MR) is 14.2 cm³/mol. The molecule has 28 valence electrons. The SMILES string of the molecule is NC=O.[C-]#[O+]. The molecule has 0 aliphatic carbocycles. The topological polar surface area (TPSA) is 63.0 Å². The van der Waals surface area contributed by atoms with Crippen LogP contribution in [0.15, 0.2) is 0 Å². The van der Waals surface area contributed by atoms with Crippen molar-refractivity contribution in [1.82, 2.24) is 0 Å². The Kier molecular flexibility index (Phi) is 632. The molecular formula is C2H3NO2. The Bertz CT molecular complexity index is 31.9. The van der Waals surface area contributed by atoms with Gasteiger partial charge in [-0.2, -0.15) is 0 Å². The van der Waals surface area contributed by atoms with Crippen LogP contribution in [0, 0.1) is 6.65 Å². The van der Waals surface area contributed by atoms with Crippen LogP contribution in [-0.2, 0) is 9.45 Å². The third-order valence-corrected chi connectivity index (χ3v) is 0. The van der Waals surface area contributed by atoms with Gasteiger partial charge in [0.1, 0.15) is 0 Å². The molecule has 0 aromatic heterocycles. The molecule has 0 fully saturated rings. The van der Waals surface area contributed by atoms with Crippen molar-refractivity contribution in [3.05, 3.63) is 6.65 Å². The minimum atomic E-state index is 0.250. The second kappa shape index (κ2) is 356. The molecule has 2 N–H and O–H groups in total. The van der Waals surface area contributed by atoms with E-state index in [1.54, 1.807) is 0 Å². The van der Waals surface area contributed by atoms with Crippen LogP contribution in [-0.4, -0.2) is 6.41 Å². The first-order chi connectivity index (χ1) is 2.41. The van der Waals surface area contributed by atoms with Gasteiger partial charge in [0.2, 0.25) is 6.41 Å². The van der Waals surface area contributed by atoms with Gasteiger partial charge in [-0.15, -0.1) is 0 Å². The van der Waals surface area contributed by atoms with E-state index in [0.717, 1.165) is 0 Å². The zero-order valence-electron chi connectivity index (χ0n) is 2.47. The van der Waals surface area contributed by atoms with E-state index in [0.29, 0.717) is 0 Å². The first-order valence-electron chi connectivity index (χ1n) is 0.773. The molecule has 0 aliphatic heterocycles. The molecule has 3 nitrogen and oxygen atoms in total. The van der Waals surface area contributed by atoms with Gasteiger partial charge < -0.3 is 5.73 Å². The van der Waals surface area contributed by atoms with Gasteiger partial charge in [-0.3, -0.25) is 4.79 Å². The van der Waals surface area contributed by atoms with Gasteiger partial charge in [0.15, 0.2) is 0 Å². The van der Waals surface area contributed by atoms with Crippen molar-refractivity contribution < 1.29 is 9.45 Å². The monoisotopic (exact) mass is 73.0 g/mol. The summed E-state index contributed by atoms with van der Waals surface area (Å²) in [5.41, 5.74) is 4.17. The van der Waals surface area contributed by atoms with E-state index in [2.05, 4.69) is 12.4 Å². The normalized spacial score (nSPS) is 2.80. The molecule has 0 rings (SSSR count). The summed E-state index contributed by atoms with van der Waals surface area (Å²) in [5, 5.41) is 0. The maximum atomic E-state index is 8.58. The number of hydrogen-bond acceptors (Lipinski definition) is 1. The zero-order chi connectivity index (χ0) is 4.71. The molecule has 0 bridgehead atoms. The number of rotatable bonds is 0. The fraction of sp³-hybridized carbons (Fsp3) is 0. The molecule has 0 heterocycles. The van der Waals surface area contributed by atoms with E-state index < -0.39 is 0 Å². The number of amides is 1. The van der Waals surface area contributed by atoms with E-state index in [-0.39, 0.29) is 6.41 Å². The molecule has 0 aromatic rings. The Morgan fingerprint density at radius 1 is 1.80 bits per heavy atom. The number of carbonyl (C=O) groups excluding carboxylic acids is 1. The van der Waals surface area contributed by atoms with Crippen molar-refractivity contribution in [3.63, 3.8) is 0 Å². The fourth-order valence-electron chi connectivity index (χ4n) is 0. The Hall–Kier alpha value is -0.790. The number of carbonyl (C=O) groups is 1. The summed E-state index contributed by atoms with van der Waals surface area (Å²) in [5.74, 6) is 0. The van der Waals surface area contributed by atoms with Crippen molar-refractivity contribution in [2.75, 3.05) is 0 Å². The minimum absolute atomic E-state index is 0.250. The molecule has 0 spiro atoms. The zero-order valence-corrected chi connectivity index (χ0v) is 2.47. The molecule has 0 aromatic carbocycles. The van der Waals surface area contributed by atoms with Gasteiger partial charge in [0.25, 0.3) is 0 Å². The third-order valence-electron chi connectivity index (χ3n) is 0. The molecule has 3 heteroatoms. The first kappa shape index (κ1) is 8.88. The van der Waals surface area contributed by atoms with Gasteiger partial charge in [-0.05, 0) is 0 Å². The summed E-state index contributed by atoms with van der Waals surface area (Å²) in [7, 11) is 0. The van der Waals surface area contributed by atoms with Gasteiger partial charge in [-0.1, -0.05) is 0 Å². The van der Waals surface area contributed by atoms with Crippen LogP contribution in [0.2, 0.25) is 0 Å². The molecule has 0 aliphatic rings. The number of hydrogen-bond donors (Lipinski definition) is 1. The van der Waals surface area contributed by atoms with Gasteiger partial charge >= 0.3 is 11.3 Å². The average Bonchev–Trinajstić information content (AvgIpc) is 1.46. The molecule has 0 unspecified atom stereocenters. The van der Waals surface area contributed by atoms with Crippen LogP contribution in [0.3, 0.4) is 0 Å². The van der Waals surface area contributed by atoms with Crippen LogP contribution >= 0.6 is 0 Å². The van der Waals surface area contributed by atoms with E-state index in [9.17, 15) is 0 Å². The summed E-state index contributed by atoms with van der Waals surface area (Å²) >= 11 is 0. The van der Waals surface area contributed by atoms with Gasteiger partial charge in [-0.25, -0.2) is 0 Å². The first-order valence-corrected chi connectivity index (χ1v) is 0.773. The molecule has 0 radical (unpaired) electrons. The maximum absolute atomic E-state index is 8.58. The molecule has 5 heavy (non-hydrogen) atoms. The second-order valence-corrected chi connectivity index (χ2v) is 0.136. The molecule has 0 saturated carbocycles. The van der Waals surface area contributed by atoms with Gasteiger partial charge in [0.05, 0.1) is 0 Å². The Balaban J connectivity index is 0. The summed E-state index contributed by atoms with van der Waals surface area (Å²) in [6, 6.07) is 0. The van der Waals surface area contributed by atoms with Gasteiger partial charge in [0, 0.05) is 0 Å². The quantitative estimate of drug-likeness (QED) is 0.224. The van der Waals surface area contributed by atoms with Crippen molar-refractivity contribution in [2.24, 2.45) is 5.73 Å². The molecule has 0 atom stereocenters. The Morgan fingerprint density at radius 3 is 1.80 bits per heavy atom. The van der Waals surface area contributed by atoms with Crippen LogP contribution in [0.5, 0.6) is 0 Å². The predicted octanol–water partition coefficient (Wildman–Crippen LogP) is -0.936. The summed E-state index contributed by atoms with van der Waals surface area (Å²) < 4.78 is 7.50. The molecule has 0 saturated heterocycles. The summed E-state index contributed by atoms with van der Waals surface area (Å²) in [6.45, 7) is 4.50. The third kappa shape index (κ3) is 7.53. The van der Waals surface area contributed by atoms with Crippen molar-refractivity contribution in [2.45, 2.75) is 0 Å². The van der Waals surface area contributed by atoms with Crippen LogP contribution < -0.4 is 5.73 Å². The Morgan fingerprint density at radius 2 is 1.80 bits per heavy atom. The molecular weight excluding hydrogens is 70.0 g/mol. The average molecular weight is 73.1 g/mol. The van der Waals surface area contributed by atoms with E-state index in [1.807, 2.05) is 0 Å². The van der Waals surface area contributed by atoms with Crippen LogP contribution in [0.1, 0.15) is 0 Å². The summed E-state index contributed by atoms with van der Waals surface area (Å²) in [6.07, 6.45) is 0.250. The van der Waals surface area contributed by atoms with E-state index in [4.69, 9.17) is 9.45 Å². The van der Waals surface area contributed by atoms with Crippen molar-refractivity contribution in [3.8, 4) is 0 Å². The summed E-state index contributed by atoms with van der Waals surface area (Å²) in [4.78, 5) is 8.58. The second-order valence-electron chi connectivity index (χ2n) is 0.136. The Labute approximate surface area is 29.5 Å².